The van der Waals surface area contributed by atoms with Crippen LogP contribution in [0.4, 0.5) is 0 Å². The van der Waals surface area contributed by atoms with Crippen LogP contribution >= 0.6 is 0 Å². The highest BCUT2D eigenvalue weighted by Crippen LogP contribution is 2.22. The average molecular weight is 249 g/mol. The Labute approximate surface area is 107 Å². The minimum Gasteiger partial charge on any atom is -0.474 e. The molecule has 98 valence electrons. The molecular weight excluding hydrogens is 230 g/mol. The number of carbonyl (C=O) groups excluding carboxylic acids is 1. The Morgan fingerprint density at radius 3 is 2.72 bits per heavy atom. The van der Waals surface area contributed by atoms with Crippen molar-refractivity contribution >= 4 is 5.97 Å². The highest BCUT2D eigenvalue weighted by molar-refractivity contribution is 5.89. The summed E-state index contributed by atoms with van der Waals surface area (Å²) in [6.45, 7) is 2.16. The second kappa shape index (κ2) is 6.38. The molecule has 0 atom stereocenters. The first-order valence-electron chi connectivity index (χ1n) is 6.59. The molecule has 0 N–H and O–H groups in total. The maximum Gasteiger partial charge on any atom is 0.339 e. The van der Waals surface area contributed by atoms with Crippen molar-refractivity contribution in [1.29, 1.82) is 0 Å². The molecule has 0 radical (unpaired) electrons. The summed E-state index contributed by atoms with van der Waals surface area (Å²) in [7, 11) is 0. The van der Waals surface area contributed by atoms with Gasteiger partial charge in [-0.05, 0) is 38.7 Å². The fraction of sp³-hybridized carbons (Fsp3) is 0.571. The summed E-state index contributed by atoms with van der Waals surface area (Å²) in [5.74, 6) is 0.254. The largest absolute Gasteiger partial charge is 0.474 e. The number of nitrogens with zero attached hydrogens (tertiary/aromatic N) is 1. The predicted octanol–water partition coefficient (Wildman–Crippen LogP) is 2.97. The van der Waals surface area contributed by atoms with Gasteiger partial charge in [-0.1, -0.05) is 6.42 Å². The topological polar surface area (TPSA) is 48.4 Å². The van der Waals surface area contributed by atoms with E-state index in [0.29, 0.717) is 18.1 Å². The second-order valence-electron chi connectivity index (χ2n) is 4.48. The van der Waals surface area contributed by atoms with E-state index in [1.165, 1.54) is 25.5 Å². The summed E-state index contributed by atoms with van der Waals surface area (Å²) >= 11 is 0. The van der Waals surface area contributed by atoms with Gasteiger partial charge in [-0.15, -0.1) is 0 Å². The number of hydrogen-bond donors (Lipinski definition) is 0. The first-order valence-corrected chi connectivity index (χ1v) is 6.59. The van der Waals surface area contributed by atoms with Crippen molar-refractivity contribution in [2.24, 2.45) is 0 Å². The Morgan fingerprint density at radius 2 is 2.11 bits per heavy atom. The van der Waals surface area contributed by atoms with Gasteiger partial charge in [0.15, 0.2) is 0 Å². The summed E-state index contributed by atoms with van der Waals surface area (Å²) in [6.07, 6.45) is 7.74. The molecule has 2 rings (SSSR count). The van der Waals surface area contributed by atoms with E-state index in [2.05, 4.69) is 4.98 Å². The van der Waals surface area contributed by atoms with Gasteiger partial charge < -0.3 is 9.47 Å². The minimum atomic E-state index is -0.339. The molecule has 4 nitrogen and oxygen atoms in total. The lowest BCUT2D eigenvalue weighted by atomic mass is 9.98. The molecule has 18 heavy (non-hydrogen) atoms. The monoisotopic (exact) mass is 249 g/mol. The third kappa shape index (κ3) is 3.45. The quantitative estimate of drug-likeness (QED) is 0.770. The van der Waals surface area contributed by atoms with E-state index < -0.39 is 0 Å². The Morgan fingerprint density at radius 1 is 1.33 bits per heavy atom. The lowest BCUT2D eigenvalue weighted by Crippen LogP contribution is -2.20. The zero-order valence-corrected chi connectivity index (χ0v) is 10.7. The van der Waals surface area contributed by atoms with Gasteiger partial charge in [-0.3, -0.25) is 0 Å². The number of aromatic nitrogens is 1. The maximum atomic E-state index is 11.4. The van der Waals surface area contributed by atoms with E-state index >= 15 is 0 Å². The van der Waals surface area contributed by atoms with Crippen molar-refractivity contribution in [2.75, 3.05) is 6.61 Å². The van der Waals surface area contributed by atoms with Crippen LogP contribution in [0.3, 0.4) is 0 Å². The van der Waals surface area contributed by atoms with Crippen molar-refractivity contribution in [3.8, 4) is 5.88 Å². The highest BCUT2D eigenvalue weighted by atomic mass is 16.5. The van der Waals surface area contributed by atoms with Crippen molar-refractivity contribution in [3.63, 3.8) is 0 Å². The zero-order chi connectivity index (χ0) is 12.8. The van der Waals surface area contributed by atoms with Crippen molar-refractivity contribution in [2.45, 2.75) is 45.1 Å². The number of carbonyl (C=O) groups is 1. The standard InChI is InChI=1S/C14H19NO3/c1-2-17-14(16)11-8-9-13(15-10-11)18-12-6-4-3-5-7-12/h8-10,12H,2-7H2,1H3. The Bertz CT molecular complexity index is 383. The first-order chi connectivity index (χ1) is 8.79. The smallest absolute Gasteiger partial charge is 0.339 e. The molecular formula is C14H19NO3. The summed E-state index contributed by atoms with van der Waals surface area (Å²) < 4.78 is 10.7. The van der Waals surface area contributed by atoms with Gasteiger partial charge in [0.05, 0.1) is 12.2 Å². The Balaban J connectivity index is 1.92. The molecule has 1 aromatic rings. The number of ether oxygens (including phenoxy) is 2. The normalized spacial score (nSPS) is 16.3. The molecule has 0 unspecified atom stereocenters. The van der Waals surface area contributed by atoms with Gasteiger partial charge in [0, 0.05) is 12.3 Å². The number of pyridine rings is 1. The average Bonchev–Trinajstić information content (AvgIpc) is 2.41. The molecule has 0 aromatic carbocycles. The van der Waals surface area contributed by atoms with E-state index in [9.17, 15) is 4.79 Å². The maximum absolute atomic E-state index is 11.4. The summed E-state index contributed by atoms with van der Waals surface area (Å²) in [5.41, 5.74) is 0.466. The van der Waals surface area contributed by atoms with E-state index in [-0.39, 0.29) is 12.1 Å². The van der Waals surface area contributed by atoms with Gasteiger partial charge in [0.25, 0.3) is 0 Å². The van der Waals surface area contributed by atoms with Crippen LogP contribution in [0.2, 0.25) is 0 Å². The lowest BCUT2D eigenvalue weighted by Gasteiger charge is -2.22. The molecule has 0 amide bonds. The van der Waals surface area contributed by atoms with Crippen LogP contribution in [-0.4, -0.2) is 23.7 Å². The van der Waals surface area contributed by atoms with Crippen LogP contribution in [0.5, 0.6) is 5.88 Å². The Kier molecular flexibility index (Phi) is 4.56. The van der Waals surface area contributed by atoms with Gasteiger partial charge >= 0.3 is 5.97 Å². The molecule has 1 aromatic heterocycles. The second-order valence-corrected chi connectivity index (χ2v) is 4.48. The van der Waals surface area contributed by atoms with Crippen molar-refractivity contribution in [3.05, 3.63) is 23.9 Å². The number of esters is 1. The lowest BCUT2D eigenvalue weighted by molar-refractivity contribution is 0.0525. The number of hydrogen-bond acceptors (Lipinski definition) is 4. The fourth-order valence-electron chi connectivity index (χ4n) is 2.14. The SMILES string of the molecule is CCOC(=O)c1ccc(OC2CCCCC2)nc1. The van der Waals surface area contributed by atoms with Crippen LogP contribution in [-0.2, 0) is 4.74 Å². The van der Waals surface area contributed by atoms with Crippen LogP contribution < -0.4 is 4.74 Å². The van der Waals surface area contributed by atoms with E-state index in [0.717, 1.165) is 12.8 Å². The van der Waals surface area contributed by atoms with Gasteiger partial charge in [0.2, 0.25) is 5.88 Å². The van der Waals surface area contributed by atoms with Crippen LogP contribution in [0.15, 0.2) is 18.3 Å². The fourth-order valence-corrected chi connectivity index (χ4v) is 2.14. The summed E-state index contributed by atoms with van der Waals surface area (Å²) in [6, 6.07) is 3.43. The van der Waals surface area contributed by atoms with E-state index in [4.69, 9.17) is 9.47 Å². The van der Waals surface area contributed by atoms with Crippen LogP contribution in [0.1, 0.15) is 49.4 Å². The molecule has 1 aliphatic carbocycles. The van der Waals surface area contributed by atoms with Gasteiger partial charge in [0.1, 0.15) is 6.10 Å². The van der Waals surface area contributed by atoms with E-state index in [1.807, 2.05) is 0 Å². The predicted molar refractivity (Wildman–Crippen MR) is 67.7 cm³/mol. The van der Waals surface area contributed by atoms with Crippen molar-refractivity contribution < 1.29 is 14.3 Å². The third-order valence-electron chi connectivity index (χ3n) is 3.09. The first kappa shape index (κ1) is 12.9. The molecule has 0 spiro atoms. The molecule has 1 saturated carbocycles. The van der Waals surface area contributed by atoms with Crippen molar-refractivity contribution in [1.82, 2.24) is 4.98 Å². The van der Waals surface area contributed by atoms with Crippen LogP contribution in [0, 0.1) is 0 Å². The van der Waals surface area contributed by atoms with E-state index in [1.54, 1.807) is 19.1 Å². The molecule has 0 aliphatic heterocycles. The highest BCUT2D eigenvalue weighted by Gasteiger charge is 2.15. The molecule has 1 heterocycles. The Hall–Kier alpha value is -1.58. The third-order valence-corrected chi connectivity index (χ3v) is 3.09. The molecule has 0 bridgehead atoms. The summed E-state index contributed by atoms with van der Waals surface area (Å²) in [5, 5.41) is 0. The molecule has 0 saturated heterocycles. The molecule has 1 aliphatic rings. The molecule has 4 heteroatoms. The van der Waals surface area contributed by atoms with Gasteiger partial charge in [-0.25, -0.2) is 9.78 Å². The van der Waals surface area contributed by atoms with Gasteiger partial charge in [-0.2, -0.15) is 0 Å². The van der Waals surface area contributed by atoms with Crippen LogP contribution in [0.25, 0.3) is 0 Å². The number of rotatable bonds is 4. The molecule has 1 fully saturated rings. The zero-order valence-electron chi connectivity index (χ0n) is 10.7. The summed E-state index contributed by atoms with van der Waals surface area (Å²) in [4.78, 5) is 15.6. The minimum absolute atomic E-state index is 0.277.